The monoisotopic (exact) mass is 227 g/mol. The summed E-state index contributed by atoms with van der Waals surface area (Å²) in [6, 6.07) is 6.15. The SMILES string of the molecule is O=C(O)C1CNS(=O)(=O)c2ccccc21. The van der Waals surface area contributed by atoms with Gasteiger partial charge in [0.05, 0.1) is 10.8 Å². The smallest absolute Gasteiger partial charge is 0.312 e. The van der Waals surface area contributed by atoms with Crippen LogP contribution in [0.1, 0.15) is 11.5 Å². The summed E-state index contributed by atoms with van der Waals surface area (Å²) in [5.74, 6) is -1.82. The Morgan fingerprint density at radius 3 is 2.73 bits per heavy atom. The maximum absolute atomic E-state index is 11.5. The highest BCUT2D eigenvalue weighted by Gasteiger charge is 2.33. The van der Waals surface area contributed by atoms with Gasteiger partial charge in [-0.05, 0) is 11.6 Å². The third-order valence-corrected chi connectivity index (χ3v) is 3.86. The van der Waals surface area contributed by atoms with Gasteiger partial charge in [0.15, 0.2) is 0 Å². The number of benzene rings is 1. The fourth-order valence-corrected chi connectivity index (χ4v) is 2.93. The van der Waals surface area contributed by atoms with E-state index in [9.17, 15) is 13.2 Å². The Balaban J connectivity index is 2.64. The van der Waals surface area contributed by atoms with Gasteiger partial charge in [-0.2, -0.15) is 0 Å². The highest BCUT2D eigenvalue weighted by atomic mass is 32.2. The minimum Gasteiger partial charge on any atom is -0.481 e. The van der Waals surface area contributed by atoms with Gasteiger partial charge in [0.2, 0.25) is 10.0 Å². The maximum atomic E-state index is 11.5. The summed E-state index contributed by atoms with van der Waals surface area (Å²) < 4.78 is 25.3. The summed E-state index contributed by atoms with van der Waals surface area (Å²) in [5.41, 5.74) is 0.351. The fourth-order valence-electron chi connectivity index (χ4n) is 1.61. The van der Waals surface area contributed by atoms with Gasteiger partial charge in [0.25, 0.3) is 0 Å². The van der Waals surface area contributed by atoms with Gasteiger partial charge in [0, 0.05) is 6.54 Å². The van der Waals surface area contributed by atoms with Crippen molar-refractivity contribution in [3.8, 4) is 0 Å². The molecule has 1 aliphatic heterocycles. The lowest BCUT2D eigenvalue weighted by Crippen LogP contribution is -2.37. The van der Waals surface area contributed by atoms with Crippen LogP contribution in [0.25, 0.3) is 0 Å². The average molecular weight is 227 g/mol. The van der Waals surface area contributed by atoms with Gasteiger partial charge in [-0.3, -0.25) is 4.79 Å². The lowest BCUT2D eigenvalue weighted by atomic mass is 9.99. The van der Waals surface area contributed by atoms with Crippen molar-refractivity contribution in [2.24, 2.45) is 0 Å². The first-order chi connectivity index (χ1) is 7.02. The Labute approximate surface area is 86.8 Å². The molecule has 0 aliphatic carbocycles. The molecule has 1 aromatic rings. The van der Waals surface area contributed by atoms with E-state index in [2.05, 4.69) is 4.72 Å². The van der Waals surface area contributed by atoms with Gasteiger partial charge >= 0.3 is 5.97 Å². The molecule has 0 amide bonds. The van der Waals surface area contributed by atoms with Crippen LogP contribution in [-0.2, 0) is 14.8 Å². The maximum Gasteiger partial charge on any atom is 0.312 e. The number of sulfonamides is 1. The number of fused-ring (bicyclic) bond motifs is 1. The van der Waals surface area contributed by atoms with Gasteiger partial charge in [-0.25, -0.2) is 13.1 Å². The quantitative estimate of drug-likeness (QED) is 0.715. The molecular formula is C9H9NO4S. The summed E-state index contributed by atoms with van der Waals surface area (Å²) in [6.07, 6.45) is 0. The van der Waals surface area contributed by atoms with Crippen molar-refractivity contribution in [3.05, 3.63) is 29.8 Å². The number of rotatable bonds is 1. The topological polar surface area (TPSA) is 83.5 Å². The van der Waals surface area contributed by atoms with Crippen molar-refractivity contribution in [1.82, 2.24) is 4.72 Å². The lowest BCUT2D eigenvalue weighted by molar-refractivity contribution is -0.138. The predicted molar refractivity (Wildman–Crippen MR) is 52.0 cm³/mol. The van der Waals surface area contributed by atoms with E-state index in [0.29, 0.717) is 5.56 Å². The van der Waals surface area contributed by atoms with Gasteiger partial charge in [0.1, 0.15) is 0 Å². The number of nitrogens with one attached hydrogen (secondary N) is 1. The molecule has 1 heterocycles. The molecule has 1 aliphatic rings. The minimum atomic E-state index is -3.52. The summed E-state index contributed by atoms with van der Waals surface area (Å²) in [7, 11) is -3.52. The molecular weight excluding hydrogens is 218 g/mol. The number of carboxylic acid groups (broad SMARTS) is 1. The number of carbonyl (C=O) groups is 1. The number of carboxylic acids is 1. The second-order valence-electron chi connectivity index (χ2n) is 3.28. The van der Waals surface area contributed by atoms with Crippen molar-refractivity contribution in [2.45, 2.75) is 10.8 Å². The Kier molecular flexibility index (Phi) is 2.24. The van der Waals surface area contributed by atoms with Crippen molar-refractivity contribution < 1.29 is 18.3 Å². The fraction of sp³-hybridized carbons (Fsp3) is 0.222. The summed E-state index contributed by atoms with van der Waals surface area (Å²) in [6.45, 7) is -0.0886. The Hall–Kier alpha value is -1.40. The molecule has 2 N–H and O–H groups in total. The molecule has 6 heteroatoms. The van der Waals surface area contributed by atoms with E-state index in [1.807, 2.05) is 0 Å². The van der Waals surface area contributed by atoms with E-state index in [-0.39, 0.29) is 11.4 Å². The predicted octanol–water partition coefficient (Wildman–Crippen LogP) is 0.147. The summed E-state index contributed by atoms with van der Waals surface area (Å²) in [5, 5.41) is 8.92. The van der Waals surface area contributed by atoms with Crippen LogP contribution < -0.4 is 4.72 Å². The van der Waals surface area contributed by atoms with E-state index in [4.69, 9.17) is 5.11 Å². The van der Waals surface area contributed by atoms with E-state index >= 15 is 0 Å². The number of hydrogen-bond acceptors (Lipinski definition) is 3. The molecule has 15 heavy (non-hydrogen) atoms. The zero-order valence-electron chi connectivity index (χ0n) is 7.67. The Morgan fingerprint density at radius 2 is 2.07 bits per heavy atom. The first-order valence-corrected chi connectivity index (χ1v) is 5.82. The van der Waals surface area contributed by atoms with E-state index in [1.54, 1.807) is 12.1 Å². The van der Waals surface area contributed by atoms with Gasteiger partial charge in [-0.15, -0.1) is 0 Å². The first-order valence-electron chi connectivity index (χ1n) is 4.34. The van der Waals surface area contributed by atoms with Crippen LogP contribution in [0, 0.1) is 0 Å². The molecule has 2 rings (SSSR count). The molecule has 0 radical (unpaired) electrons. The van der Waals surface area contributed by atoms with Crippen LogP contribution in [0.5, 0.6) is 0 Å². The van der Waals surface area contributed by atoms with Crippen LogP contribution in [0.3, 0.4) is 0 Å². The van der Waals surface area contributed by atoms with Crippen molar-refractivity contribution >= 4 is 16.0 Å². The number of hydrogen-bond donors (Lipinski definition) is 2. The van der Waals surface area contributed by atoms with Crippen LogP contribution in [0.15, 0.2) is 29.2 Å². The van der Waals surface area contributed by atoms with Crippen LogP contribution >= 0.6 is 0 Å². The first kappa shape index (κ1) is 10.1. The molecule has 0 aromatic heterocycles. The minimum absolute atomic E-state index is 0.0589. The third kappa shape index (κ3) is 1.62. The molecule has 5 nitrogen and oxygen atoms in total. The highest BCUT2D eigenvalue weighted by Crippen LogP contribution is 2.27. The lowest BCUT2D eigenvalue weighted by Gasteiger charge is -2.22. The van der Waals surface area contributed by atoms with E-state index in [1.165, 1.54) is 12.1 Å². The normalized spacial score (nSPS) is 23.1. The van der Waals surface area contributed by atoms with E-state index in [0.717, 1.165) is 0 Å². The molecule has 1 atom stereocenters. The van der Waals surface area contributed by atoms with Crippen molar-refractivity contribution in [2.75, 3.05) is 6.54 Å². The Bertz CT molecular complexity index is 509. The molecule has 1 aromatic carbocycles. The van der Waals surface area contributed by atoms with Crippen LogP contribution in [0.4, 0.5) is 0 Å². The van der Waals surface area contributed by atoms with Crippen molar-refractivity contribution in [3.63, 3.8) is 0 Å². The van der Waals surface area contributed by atoms with E-state index < -0.39 is 21.9 Å². The highest BCUT2D eigenvalue weighted by molar-refractivity contribution is 7.89. The third-order valence-electron chi connectivity index (χ3n) is 2.36. The second-order valence-corrected chi connectivity index (χ2v) is 5.02. The summed E-state index contributed by atoms with van der Waals surface area (Å²) >= 11 is 0. The zero-order chi connectivity index (χ0) is 11.1. The molecule has 0 fully saturated rings. The van der Waals surface area contributed by atoms with Gasteiger partial charge < -0.3 is 5.11 Å². The van der Waals surface area contributed by atoms with Gasteiger partial charge in [-0.1, -0.05) is 18.2 Å². The summed E-state index contributed by atoms with van der Waals surface area (Å²) in [4.78, 5) is 11.0. The molecule has 0 spiro atoms. The molecule has 1 unspecified atom stereocenters. The molecule has 80 valence electrons. The average Bonchev–Trinajstić information content (AvgIpc) is 2.17. The number of aliphatic carboxylic acids is 1. The Morgan fingerprint density at radius 1 is 1.40 bits per heavy atom. The van der Waals surface area contributed by atoms with Crippen LogP contribution in [-0.4, -0.2) is 26.0 Å². The molecule has 0 saturated carbocycles. The largest absolute Gasteiger partial charge is 0.481 e. The zero-order valence-corrected chi connectivity index (χ0v) is 8.49. The standard InChI is InChI=1S/C9H9NO4S/c11-9(12)7-5-10-15(13,14)8-4-2-1-3-6(7)8/h1-4,7,10H,5H2,(H,11,12). The van der Waals surface area contributed by atoms with Crippen molar-refractivity contribution in [1.29, 1.82) is 0 Å². The molecule has 0 bridgehead atoms. The second kappa shape index (κ2) is 3.32. The van der Waals surface area contributed by atoms with Crippen LogP contribution in [0.2, 0.25) is 0 Å². The molecule has 0 saturated heterocycles.